The molecule has 0 heterocycles. The summed E-state index contributed by atoms with van der Waals surface area (Å²) in [6, 6.07) is 8.48. The number of rotatable bonds is 0. The highest BCUT2D eigenvalue weighted by molar-refractivity contribution is 5.91. The van der Waals surface area contributed by atoms with Gasteiger partial charge in [0.05, 0.1) is 0 Å². The van der Waals surface area contributed by atoms with Crippen LogP contribution in [0.2, 0.25) is 0 Å². The highest BCUT2D eigenvalue weighted by Gasteiger charge is 2.02. The van der Waals surface area contributed by atoms with Crippen molar-refractivity contribution in [1.82, 2.24) is 0 Å². The van der Waals surface area contributed by atoms with Crippen LogP contribution in [-0.2, 0) is 0 Å². The Bertz CT molecular complexity index is 461. The molecule has 0 unspecified atom stereocenters. The van der Waals surface area contributed by atoms with Crippen LogP contribution in [0, 0.1) is 6.92 Å². The summed E-state index contributed by atoms with van der Waals surface area (Å²) in [7, 11) is 0. The van der Waals surface area contributed by atoms with Crippen LogP contribution in [0.15, 0.2) is 30.3 Å². The van der Waals surface area contributed by atoms with Crippen molar-refractivity contribution >= 4 is 10.8 Å². The minimum Gasteiger partial charge on any atom is -0.508 e. The molecule has 0 aliphatic heterocycles. The molecule has 0 bridgehead atoms. The SMILES string of the molecule is Cc1ccc(O)c2cc(O)ccc12. The van der Waals surface area contributed by atoms with Crippen molar-refractivity contribution in [2.75, 3.05) is 0 Å². The van der Waals surface area contributed by atoms with Crippen LogP contribution >= 0.6 is 0 Å². The first-order valence-corrected chi connectivity index (χ1v) is 4.10. The summed E-state index contributed by atoms with van der Waals surface area (Å²) < 4.78 is 0. The van der Waals surface area contributed by atoms with Gasteiger partial charge in [0, 0.05) is 5.39 Å². The summed E-state index contributed by atoms with van der Waals surface area (Å²) in [5, 5.41) is 20.4. The third kappa shape index (κ3) is 1.20. The van der Waals surface area contributed by atoms with Gasteiger partial charge in [0.1, 0.15) is 11.5 Å². The van der Waals surface area contributed by atoms with Gasteiger partial charge in [-0.1, -0.05) is 12.1 Å². The summed E-state index contributed by atoms with van der Waals surface area (Å²) in [6.45, 7) is 1.97. The lowest BCUT2D eigenvalue weighted by Gasteiger charge is -2.04. The Hall–Kier alpha value is -1.70. The molecule has 2 nitrogen and oxygen atoms in total. The Morgan fingerprint density at radius 1 is 0.923 bits per heavy atom. The minimum atomic E-state index is 0.174. The predicted molar refractivity (Wildman–Crippen MR) is 52.0 cm³/mol. The number of benzene rings is 2. The first kappa shape index (κ1) is 7.92. The van der Waals surface area contributed by atoms with E-state index in [-0.39, 0.29) is 11.5 Å². The van der Waals surface area contributed by atoms with Crippen LogP contribution < -0.4 is 0 Å². The van der Waals surface area contributed by atoms with Crippen LogP contribution in [0.5, 0.6) is 11.5 Å². The molecule has 2 N–H and O–H groups in total. The van der Waals surface area contributed by atoms with E-state index in [1.807, 2.05) is 13.0 Å². The molecule has 0 fully saturated rings. The fraction of sp³-hybridized carbons (Fsp3) is 0.0909. The van der Waals surface area contributed by atoms with E-state index >= 15 is 0 Å². The molecule has 0 atom stereocenters. The average Bonchev–Trinajstić information content (AvgIpc) is 2.12. The number of phenolic OH excluding ortho intramolecular Hbond substituents is 2. The second kappa shape index (κ2) is 2.66. The van der Waals surface area contributed by atoms with E-state index < -0.39 is 0 Å². The van der Waals surface area contributed by atoms with E-state index in [4.69, 9.17) is 0 Å². The van der Waals surface area contributed by atoms with Crippen LogP contribution in [-0.4, -0.2) is 10.2 Å². The first-order chi connectivity index (χ1) is 6.18. The maximum atomic E-state index is 9.51. The quantitative estimate of drug-likeness (QED) is 0.644. The summed E-state index contributed by atoms with van der Waals surface area (Å²) in [4.78, 5) is 0. The highest BCUT2D eigenvalue weighted by Crippen LogP contribution is 2.29. The topological polar surface area (TPSA) is 40.5 Å². The lowest BCUT2D eigenvalue weighted by atomic mass is 10.0. The fourth-order valence-corrected chi connectivity index (χ4v) is 1.47. The van der Waals surface area contributed by atoms with Gasteiger partial charge in [-0.15, -0.1) is 0 Å². The molecule has 0 saturated heterocycles. The summed E-state index contributed by atoms with van der Waals surface area (Å²) in [5.74, 6) is 0.380. The number of fused-ring (bicyclic) bond motifs is 1. The first-order valence-electron chi connectivity index (χ1n) is 4.10. The molecule has 2 heteroatoms. The van der Waals surface area contributed by atoms with Gasteiger partial charge in [-0.05, 0) is 36.1 Å². The number of hydrogen-bond acceptors (Lipinski definition) is 2. The molecule has 0 spiro atoms. The van der Waals surface area contributed by atoms with Gasteiger partial charge in [-0.2, -0.15) is 0 Å². The van der Waals surface area contributed by atoms with Crippen LogP contribution in [0.4, 0.5) is 0 Å². The van der Waals surface area contributed by atoms with Gasteiger partial charge >= 0.3 is 0 Å². The molecule has 0 saturated carbocycles. The van der Waals surface area contributed by atoms with Gasteiger partial charge < -0.3 is 10.2 Å². The van der Waals surface area contributed by atoms with Crippen LogP contribution in [0.1, 0.15) is 5.56 Å². The Morgan fingerprint density at radius 2 is 1.69 bits per heavy atom. The highest BCUT2D eigenvalue weighted by atomic mass is 16.3. The lowest BCUT2D eigenvalue weighted by molar-refractivity contribution is 0.471. The molecule has 0 aromatic heterocycles. The van der Waals surface area contributed by atoms with Gasteiger partial charge in [-0.25, -0.2) is 0 Å². The Labute approximate surface area is 76.1 Å². The minimum absolute atomic E-state index is 0.174. The fourth-order valence-electron chi connectivity index (χ4n) is 1.47. The molecular formula is C11H10O2. The molecule has 13 heavy (non-hydrogen) atoms. The van der Waals surface area contributed by atoms with E-state index in [0.29, 0.717) is 5.39 Å². The van der Waals surface area contributed by atoms with Crippen molar-refractivity contribution in [3.05, 3.63) is 35.9 Å². The van der Waals surface area contributed by atoms with Crippen molar-refractivity contribution in [3.8, 4) is 11.5 Å². The second-order valence-corrected chi connectivity index (χ2v) is 3.13. The van der Waals surface area contributed by atoms with Crippen LogP contribution in [0.25, 0.3) is 10.8 Å². The molecule has 66 valence electrons. The molecule has 2 aromatic carbocycles. The summed E-state index contributed by atoms with van der Waals surface area (Å²) >= 11 is 0. The number of aromatic hydroxyl groups is 2. The Morgan fingerprint density at radius 3 is 2.46 bits per heavy atom. The molecule has 2 aromatic rings. The monoisotopic (exact) mass is 174 g/mol. The lowest BCUT2D eigenvalue weighted by Crippen LogP contribution is -1.78. The molecule has 0 radical (unpaired) electrons. The Balaban J connectivity index is 2.92. The largest absolute Gasteiger partial charge is 0.508 e. The van der Waals surface area contributed by atoms with Gasteiger partial charge in [-0.3, -0.25) is 0 Å². The molecule has 0 amide bonds. The van der Waals surface area contributed by atoms with Crippen molar-refractivity contribution in [3.63, 3.8) is 0 Å². The number of aryl methyl sites for hydroxylation is 1. The average molecular weight is 174 g/mol. The zero-order valence-electron chi connectivity index (χ0n) is 7.28. The van der Waals surface area contributed by atoms with E-state index in [9.17, 15) is 10.2 Å². The predicted octanol–water partition coefficient (Wildman–Crippen LogP) is 2.56. The number of hydrogen-bond donors (Lipinski definition) is 2. The van der Waals surface area contributed by atoms with E-state index in [1.165, 1.54) is 0 Å². The Kier molecular flexibility index (Phi) is 1.62. The maximum absolute atomic E-state index is 9.51. The molecular weight excluding hydrogens is 164 g/mol. The van der Waals surface area contributed by atoms with Crippen LogP contribution in [0.3, 0.4) is 0 Å². The van der Waals surface area contributed by atoms with E-state index in [1.54, 1.807) is 24.3 Å². The van der Waals surface area contributed by atoms with Gasteiger partial charge in [0.15, 0.2) is 0 Å². The zero-order chi connectivity index (χ0) is 9.42. The van der Waals surface area contributed by atoms with Gasteiger partial charge in [0.2, 0.25) is 0 Å². The molecule has 2 rings (SSSR count). The third-order valence-electron chi connectivity index (χ3n) is 2.20. The molecule has 0 aliphatic carbocycles. The summed E-state index contributed by atoms with van der Waals surface area (Å²) in [5.41, 5.74) is 1.09. The number of phenols is 2. The van der Waals surface area contributed by atoms with E-state index in [0.717, 1.165) is 10.9 Å². The van der Waals surface area contributed by atoms with Crippen molar-refractivity contribution < 1.29 is 10.2 Å². The maximum Gasteiger partial charge on any atom is 0.123 e. The zero-order valence-corrected chi connectivity index (χ0v) is 7.28. The second-order valence-electron chi connectivity index (χ2n) is 3.13. The van der Waals surface area contributed by atoms with Crippen molar-refractivity contribution in [2.45, 2.75) is 6.92 Å². The third-order valence-corrected chi connectivity index (χ3v) is 2.20. The van der Waals surface area contributed by atoms with E-state index in [2.05, 4.69) is 0 Å². The van der Waals surface area contributed by atoms with Gasteiger partial charge in [0.25, 0.3) is 0 Å². The standard InChI is InChI=1S/C11H10O2/c1-7-2-5-11(13)10-6-8(12)3-4-9(7)10/h2-6,12-13H,1H3. The molecule has 0 aliphatic rings. The summed E-state index contributed by atoms with van der Waals surface area (Å²) in [6.07, 6.45) is 0. The normalized spacial score (nSPS) is 10.5. The van der Waals surface area contributed by atoms with Crippen molar-refractivity contribution in [2.24, 2.45) is 0 Å². The smallest absolute Gasteiger partial charge is 0.123 e. The van der Waals surface area contributed by atoms with Crippen molar-refractivity contribution in [1.29, 1.82) is 0 Å².